The maximum absolute atomic E-state index is 9.99. The first-order valence-electron chi connectivity index (χ1n) is 8.42. The van der Waals surface area contributed by atoms with E-state index in [9.17, 15) is 9.59 Å². The van der Waals surface area contributed by atoms with E-state index in [1.807, 2.05) is 0 Å². The summed E-state index contributed by atoms with van der Waals surface area (Å²) in [4.78, 5) is 27.2. The molecule has 0 aromatic rings. The van der Waals surface area contributed by atoms with Crippen molar-refractivity contribution < 1.29 is 9.59 Å². The molecule has 4 nitrogen and oxygen atoms in total. The summed E-state index contributed by atoms with van der Waals surface area (Å²) in [5, 5.41) is 0. The summed E-state index contributed by atoms with van der Waals surface area (Å²) in [6, 6.07) is 0. The topological polar surface area (TPSA) is 58.9 Å². The molecule has 4 heteroatoms. The van der Waals surface area contributed by atoms with Crippen LogP contribution in [0.3, 0.4) is 0 Å². The van der Waals surface area contributed by atoms with Gasteiger partial charge in [0.15, 0.2) is 0 Å². The largest absolute Gasteiger partial charge is 0.234 e. The van der Waals surface area contributed by atoms with E-state index in [1.165, 1.54) is 44.9 Å². The van der Waals surface area contributed by atoms with Gasteiger partial charge in [-0.05, 0) is 55.8 Å². The molecule has 2 aliphatic rings. The predicted octanol–water partition coefficient (Wildman–Crippen LogP) is 3.66. The first-order chi connectivity index (χ1) is 10.3. The Hall–Kier alpha value is -1.24. The Kier molecular flexibility index (Phi) is 6.85. The highest BCUT2D eigenvalue weighted by Gasteiger charge is 2.44. The van der Waals surface area contributed by atoms with E-state index in [-0.39, 0.29) is 0 Å². The van der Waals surface area contributed by atoms with E-state index in [0.29, 0.717) is 13.1 Å². The Bertz CT molecular complexity index is 373. The molecule has 0 N–H and O–H groups in total. The number of fused-ring (bicyclic) bond motifs is 2. The minimum atomic E-state index is 0.649. The lowest BCUT2D eigenvalue weighted by molar-refractivity contribution is 0.229. The molecule has 2 rings (SSSR count). The van der Waals surface area contributed by atoms with Crippen LogP contribution in [0.15, 0.2) is 9.98 Å². The molecule has 4 unspecified atom stereocenters. The Balaban J connectivity index is 1.58. The molecule has 0 heterocycles. The van der Waals surface area contributed by atoms with E-state index in [0.717, 1.165) is 36.5 Å². The van der Waals surface area contributed by atoms with E-state index >= 15 is 0 Å². The summed E-state index contributed by atoms with van der Waals surface area (Å²) in [5.74, 6) is 3.74. The molecule has 2 bridgehead atoms. The van der Waals surface area contributed by atoms with Crippen LogP contribution in [-0.2, 0) is 9.59 Å². The van der Waals surface area contributed by atoms with Gasteiger partial charge in [0.1, 0.15) is 0 Å². The molecule has 4 atom stereocenters. The summed E-state index contributed by atoms with van der Waals surface area (Å²) >= 11 is 0. The standard InChI is InChI=1S/C17H26N2O2/c20-12-18-7-3-1-5-14-9-17-11-16(14)10-15(17)6-2-4-8-19-13-21/h14-17H,1-11H2. The Morgan fingerprint density at radius 1 is 0.714 bits per heavy atom. The van der Waals surface area contributed by atoms with E-state index in [4.69, 9.17) is 0 Å². The third-order valence-corrected chi connectivity index (χ3v) is 5.47. The average molecular weight is 290 g/mol. The van der Waals surface area contributed by atoms with Crippen LogP contribution in [0.1, 0.15) is 57.8 Å². The molecule has 0 spiro atoms. The van der Waals surface area contributed by atoms with E-state index in [2.05, 4.69) is 9.98 Å². The van der Waals surface area contributed by atoms with Crippen molar-refractivity contribution in [1.82, 2.24) is 0 Å². The van der Waals surface area contributed by atoms with E-state index in [1.54, 1.807) is 12.2 Å². The molecular weight excluding hydrogens is 264 g/mol. The van der Waals surface area contributed by atoms with Crippen molar-refractivity contribution in [2.75, 3.05) is 13.1 Å². The van der Waals surface area contributed by atoms with Crippen molar-refractivity contribution in [2.24, 2.45) is 33.7 Å². The minimum absolute atomic E-state index is 0.649. The van der Waals surface area contributed by atoms with Gasteiger partial charge in [0.05, 0.1) is 13.1 Å². The fourth-order valence-electron chi connectivity index (χ4n) is 4.51. The van der Waals surface area contributed by atoms with Crippen molar-refractivity contribution >= 4 is 12.2 Å². The molecule has 0 radical (unpaired) electrons. The maximum atomic E-state index is 9.99. The molecule has 0 amide bonds. The van der Waals surface area contributed by atoms with Crippen molar-refractivity contribution in [3.63, 3.8) is 0 Å². The van der Waals surface area contributed by atoms with Gasteiger partial charge < -0.3 is 0 Å². The second kappa shape index (κ2) is 8.92. The normalized spacial score (nSPS) is 29.9. The van der Waals surface area contributed by atoms with Crippen LogP contribution >= 0.6 is 0 Å². The molecule has 116 valence electrons. The first kappa shape index (κ1) is 16.1. The minimum Gasteiger partial charge on any atom is -0.211 e. The zero-order chi connectivity index (χ0) is 14.9. The SMILES string of the molecule is O=C=NCCCCC1CC2CC1CC2CCCCN=C=O. The van der Waals surface area contributed by atoms with Gasteiger partial charge in [-0.1, -0.05) is 25.7 Å². The third-order valence-electron chi connectivity index (χ3n) is 5.47. The fraction of sp³-hybridized carbons (Fsp3) is 0.882. The Morgan fingerprint density at radius 2 is 1.19 bits per heavy atom. The van der Waals surface area contributed by atoms with Crippen molar-refractivity contribution in [1.29, 1.82) is 0 Å². The van der Waals surface area contributed by atoms with Gasteiger partial charge in [0, 0.05) is 0 Å². The Labute approximate surface area is 127 Å². The summed E-state index contributed by atoms with van der Waals surface area (Å²) < 4.78 is 0. The van der Waals surface area contributed by atoms with Crippen LogP contribution in [0.2, 0.25) is 0 Å². The first-order valence-corrected chi connectivity index (χ1v) is 8.42. The number of unbranched alkanes of at least 4 members (excludes halogenated alkanes) is 2. The lowest BCUT2D eigenvalue weighted by Gasteiger charge is -2.28. The van der Waals surface area contributed by atoms with Gasteiger partial charge in [-0.3, -0.25) is 0 Å². The van der Waals surface area contributed by atoms with Crippen LogP contribution in [0.25, 0.3) is 0 Å². The number of isocyanates is 2. The van der Waals surface area contributed by atoms with Crippen LogP contribution in [0, 0.1) is 23.7 Å². The summed E-state index contributed by atoms with van der Waals surface area (Å²) in [6.45, 7) is 1.30. The number of carbonyl (C=O) groups excluding carboxylic acids is 2. The quantitative estimate of drug-likeness (QED) is 0.350. The fourth-order valence-corrected chi connectivity index (χ4v) is 4.51. The van der Waals surface area contributed by atoms with Crippen molar-refractivity contribution in [3.8, 4) is 0 Å². The van der Waals surface area contributed by atoms with Crippen molar-refractivity contribution in [2.45, 2.75) is 57.8 Å². The van der Waals surface area contributed by atoms with Crippen LogP contribution in [0.5, 0.6) is 0 Å². The van der Waals surface area contributed by atoms with Gasteiger partial charge in [-0.25, -0.2) is 19.6 Å². The predicted molar refractivity (Wildman–Crippen MR) is 81.5 cm³/mol. The number of hydrogen-bond donors (Lipinski definition) is 0. The van der Waals surface area contributed by atoms with Crippen LogP contribution < -0.4 is 0 Å². The molecule has 0 aromatic carbocycles. The number of nitrogens with zero attached hydrogens (tertiary/aromatic N) is 2. The summed E-state index contributed by atoms with van der Waals surface area (Å²) in [7, 11) is 0. The van der Waals surface area contributed by atoms with E-state index < -0.39 is 0 Å². The monoisotopic (exact) mass is 290 g/mol. The Morgan fingerprint density at radius 3 is 1.57 bits per heavy atom. The molecule has 0 saturated heterocycles. The summed E-state index contributed by atoms with van der Waals surface area (Å²) in [6.07, 6.45) is 14.6. The average Bonchev–Trinajstić information content (AvgIpc) is 3.06. The number of rotatable bonds is 10. The molecule has 2 saturated carbocycles. The van der Waals surface area contributed by atoms with Gasteiger partial charge >= 0.3 is 0 Å². The second-order valence-corrected chi connectivity index (χ2v) is 6.69. The highest BCUT2D eigenvalue weighted by Crippen LogP contribution is 2.54. The lowest BCUT2D eigenvalue weighted by Crippen LogP contribution is -2.18. The van der Waals surface area contributed by atoms with Gasteiger partial charge in [-0.15, -0.1) is 0 Å². The molecule has 2 fully saturated rings. The number of aliphatic imine (C=N–C) groups is 2. The maximum Gasteiger partial charge on any atom is 0.234 e. The molecule has 0 aliphatic heterocycles. The van der Waals surface area contributed by atoms with Gasteiger partial charge in [0.25, 0.3) is 0 Å². The smallest absolute Gasteiger partial charge is 0.211 e. The van der Waals surface area contributed by atoms with Crippen LogP contribution in [0.4, 0.5) is 0 Å². The highest BCUT2D eigenvalue weighted by atomic mass is 16.1. The second-order valence-electron chi connectivity index (χ2n) is 6.69. The summed E-state index contributed by atoms with van der Waals surface area (Å²) in [5.41, 5.74) is 0. The van der Waals surface area contributed by atoms with Crippen molar-refractivity contribution in [3.05, 3.63) is 0 Å². The van der Waals surface area contributed by atoms with Crippen LogP contribution in [-0.4, -0.2) is 25.2 Å². The zero-order valence-corrected chi connectivity index (χ0v) is 12.8. The molecule has 21 heavy (non-hydrogen) atoms. The number of hydrogen-bond acceptors (Lipinski definition) is 4. The third kappa shape index (κ3) is 4.91. The lowest BCUT2D eigenvalue weighted by atomic mass is 9.78. The highest BCUT2D eigenvalue weighted by molar-refractivity contribution is 5.32. The molecule has 2 aliphatic carbocycles. The van der Waals surface area contributed by atoms with Gasteiger partial charge in [0.2, 0.25) is 12.2 Å². The van der Waals surface area contributed by atoms with Gasteiger partial charge in [-0.2, -0.15) is 0 Å². The zero-order valence-electron chi connectivity index (χ0n) is 12.8. The molecular formula is C17H26N2O2. The molecule has 0 aromatic heterocycles.